The number of nitrogens with one attached hydrogen (secondary N) is 1. The molecule has 1 N–H and O–H groups in total. The van der Waals surface area contributed by atoms with Gasteiger partial charge in [-0.15, -0.1) is 0 Å². The average Bonchev–Trinajstić information content (AvgIpc) is 3.18. The number of rotatable bonds is 7. The minimum absolute atomic E-state index is 0.318. The molecule has 0 saturated heterocycles. The maximum absolute atomic E-state index is 12.4. The van der Waals surface area contributed by atoms with Crippen LogP contribution in [0.5, 0.6) is 0 Å². The Labute approximate surface area is 155 Å². The molecule has 6 heteroatoms. The first-order valence-corrected chi connectivity index (χ1v) is 8.32. The van der Waals surface area contributed by atoms with Crippen LogP contribution in [0.3, 0.4) is 0 Å². The fourth-order valence-corrected chi connectivity index (χ4v) is 2.56. The third-order valence-electron chi connectivity index (χ3n) is 3.66. The number of para-hydroxylation sites is 1. The lowest BCUT2D eigenvalue weighted by molar-refractivity contribution is 0.0475. The molecule has 3 aromatic rings. The molecule has 0 unspecified atom stereocenters. The third-order valence-corrected chi connectivity index (χ3v) is 3.90. The average molecular weight is 370 g/mol. The van der Waals surface area contributed by atoms with Crippen molar-refractivity contribution in [2.24, 2.45) is 0 Å². The number of esters is 1. The van der Waals surface area contributed by atoms with E-state index in [9.17, 15) is 9.59 Å². The van der Waals surface area contributed by atoms with Crippen LogP contribution in [0.4, 0.5) is 5.69 Å². The van der Waals surface area contributed by atoms with Crippen LogP contribution in [0.2, 0.25) is 5.02 Å². The van der Waals surface area contributed by atoms with Gasteiger partial charge < -0.3 is 14.5 Å². The fourth-order valence-electron chi connectivity index (χ4n) is 2.36. The summed E-state index contributed by atoms with van der Waals surface area (Å²) in [6.45, 7) is 0.0738. The van der Waals surface area contributed by atoms with Gasteiger partial charge in [0.1, 0.15) is 5.76 Å². The highest BCUT2D eigenvalue weighted by molar-refractivity contribution is 6.31. The molecule has 3 rings (SSSR count). The van der Waals surface area contributed by atoms with E-state index in [2.05, 4.69) is 5.32 Å². The number of anilines is 1. The summed E-state index contributed by atoms with van der Waals surface area (Å²) in [7, 11) is 0. The molecule has 26 heavy (non-hydrogen) atoms. The van der Waals surface area contributed by atoms with Gasteiger partial charge in [-0.05, 0) is 36.4 Å². The number of benzene rings is 2. The Hall–Kier alpha value is -3.05. The quantitative estimate of drug-likeness (QED) is 0.487. The van der Waals surface area contributed by atoms with Crippen molar-refractivity contribution in [1.29, 1.82) is 0 Å². The van der Waals surface area contributed by atoms with Crippen LogP contribution in [-0.2, 0) is 11.3 Å². The molecular formula is C20H16ClNO4. The molecule has 0 amide bonds. The monoisotopic (exact) mass is 369 g/mol. The summed E-state index contributed by atoms with van der Waals surface area (Å²) in [6.07, 6.45) is 1.58. The van der Waals surface area contributed by atoms with E-state index in [1.54, 1.807) is 54.8 Å². The SMILES string of the molecule is O=C(COC(=O)c1ccccc1NCc1ccco1)c1cccc(Cl)c1. The Bertz CT molecular complexity index is 906. The van der Waals surface area contributed by atoms with Gasteiger partial charge in [0.2, 0.25) is 0 Å². The Kier molecular flexibility index (Phi) is 5.71. The number of ether oxygens (including phenoxy) is 1. The van der Waals surface area contributed by atoms with Crippen molar-refractivity contribution >= 4 is 29.0 Å². The molecule has 1 aromatic heterocycles. The van der Waals surface area contributed by atoms with Crippen molar-refractivity contribution in [2.75, 3.05) is 11.9 Å². The second-order valence-electron chi connectivity index (χ2n) is 5.49. The van der Waals surface area contributed by atoms with E-state index in [4.69, 9.17) is 20.8 Å². The number of Topliss-reactive ketones (excluding diaryl/α,β-unsaturated/α-hetero) is 1. The van der Waals surface area contributed by atoms with Crippen molar-refractivity contribution in [3.05, 3.63) is 88.8 Å². The van der Waals surface area contributed by atoms with Crippen LogP contribution in [0.25, 0.3) is 0 Å². The van der Waals surface area contributed by atoms with Crippen LogP contribution in [0, 0.1) is 0 Å². The molecule has 0 spiro atoms. The van der Waals surface area contributed by atoms with E-state index in [0.717, 1.165) is 5.76 Å². The molecule has 5 nitrogen and oxygen atoms in total. The standard InChI is InChI=1S/C20H16ClNO4/c21-15-6-3-5-14(11-15)19(23)13-26-20(24)17-8-1-2-9-18(17)22-12-16-7-4-10-25-16/h1-11,22H,12-13H2. The van der Waals surface area contributed by atoms with Crippen molar-refractivity contribution < 1.29 is 18.7 Å². The predicted molar refractivity (Wildman–Crippen MR) is 98.5 cm³/mol. The van der Waals surface area contributed by atoms with Crippen molar-refractivity contribution in [3.63, 3.8) is 0 Å². The van der Waals surface area contributed by atoms with Crippen LogP contribution in [-0.4, -0.2) is 18.4 Å². The molecule has 0 saturated carbocycles. The largest absolute Gasteiger partial charge is 0.467 e. The zero-order valence-electron chi connectivity index (χ0n) is 13.8. The lowest BCUT2D eigenvalue weighted by Gasteiger charge is -2.11. The van der Waals surface area contributed by atoms with Gasteiger partial charge in [0, 0.05) is 16.3 Å². The highest BCUT2D eigenvalue weighted by Crippen LogP contribution is 2.18. The van der Waals surface area contributed by atoms with Crippen molar-refractivity contribution in [3.8, 4) is 0 Å². The van der Waals surface area contributed by atoms with E-state index in [1.807, 2.05) is 6.07 Å². The Morgan fingerprint density at radius 1 is 1.04 bits per heavy atom. The number of halogens is 1. The molecule has 2 aromatic carbocycles. The van der Waals surface area contributed by atoms with Gasteiger partial charge in [-0.2, -0.15) is 0 Å². The van der Waals surface area contributed by atoms with Gasteiger partial charge in [-0.3, -0.25) is 4.79 Å². The molecule has 132 valence electrons. The molecule has 1 heterocycles. The lowest BCUT2D eigenvalue weighted by Crippen LogP contribution is -2.15. The van der Waals surface area contributed by atoms with Crippen molar-refractivity contribution in [2.45, 2.75) is 6.54 Å². The maximum Gasteiger partial charge on any atom is 0.340 e. The second kappa shape index (κ2) is 8.36. The van der Waals surface area contributed by atoms with Crippen LogP contribution < -0.4 is 5.32 Å². The third kappa shape index (κ3) is 4.52. The van der Waals surface area contributed by atoms with E-state index in [-0.39, 0.29) is 12.4 Å². The van der Waals surface area contributed by atoms with Crippen molar-refractivity contribution in [1.82, 2.24) is 0 Å². The summed E-state index contributed by atoms with van der Waals surface area (Å²) < 4.78 is 10.4. The molecular weight excluding hydrogens is 354 g/mol. The maximum atomic E-state index is 12.4. The summed E-state index contributed by atoms with van der Waals surface area (Å²) in [5.41, 5.74) is 1.34. The minimum Gasteiger partial charge on any atom is -0.467 e. The van der Waals surface area contributed by atoms with Gasteiger partial charge in [0.15, 0.2) is 12.4 Å². The topological polar surface area (TPSA) is 68.5 Å². The number of hydrogen-bond acceptors (Lipinski definition) is 5. The molecule has 0 aliphatic heterocycles. The summed E-state index contributed by atoms with van der Waals surface area (Å²) in [5, 5.41) is 3.58. The van der Waals surface area contributed by atoms with Gasteiger partial charge in [0.05, 0.1) is 18.4 Å². The Morgan fingerprint density at radius 3 is 2.65 bits per heavy atom. The number of carbonyl (C=O) groups is 2. The summed E-state index contributed by atoms with van der Waals surface area (Å²) in [4.78, 5) is 24.5. The van der Waals surface area contributed by atoms with Gasteiger partial charge in [0.25, 0.3) is 0 Å². The lowest BCUT2D eigenvalue weighted by atomic mass is 10.1. The first-order valence-electron chi connectivity index (χ1n) is 7.94. The highest BCUT2D eigenvalue weighted by Gasteiger charge is 2.15. The summed E-state index contributed by atoms with van der Waals surface area (Å²) in [5.74, 6) is -0.158. The molecule has 0 aliphatic carbocycles. The van der Waals surface area contributed by atoms with E-state index in [1.165, 1.54) is 6.07 Å². The first kappa shape index (κ1) is 17.8. The molecule has 0 aliphatic rings. The van der Waals surface area contributed by atoms with E-state index < -0.39 is 5.97 Å². The molecule has 0 atom stereocenters. The number of hydrogen-bond donors (Lipinski definition) is 1. The summed E-state index contributed by atoms with van der Waals surface area (Å²) in [6, 6.07) is 17.1. The molecule has 0 fully saturated rings. The van der Waals surface area contributed by atoms with Crippen LogP contribution >= 0.6 is 11.6 Å². The Morgan fingerprint density at radius 2 is 1.88 bits per heavy atom. The summed E-state index contributed by atoms with van der Waals surface area (Å²) >= 11 is 5.87. The van der Waals surface area contributed by atoms with Crippen LogP contribution in [0.15, 0.2) is 71.3 Å². The van der Waals surface area contributed by atoms with E-state index >= 15 is 0 Å². The normalized spacial score (nSPS) is 10.3. The van der Waals surface area contributed by atoms with Crippen LogP contribution in [0.1, 0.15) is 26.5 Å². The number of ketones is 1. The van der Waals surface area contributed by atoms with Gasteiger partial charge in [-0.1, -0.05) is 35.9 Å². The first-order chi connectivity index (χ1) is 12.6. The highest BCUT2D eigenvalue weighted by atomic mass is 35.5. The Balaban J connectivity index is 1.63. The second-order valence-corrected chi connectivity index (χ2v) is 5.92. The molecule has 0 bridgehead atoms. The van der Waals surface area contributed by atoms with Gasteiger partial charge in [-0.25, -0.2) is 4.79 Å². The zero-order valence-corrected chi connectivity index (χ0v) is 14.5. The fraction of sp³-hybridized carbons (Fsp3) is 0.100. The zero-order chi connectivity index (χ0) is 18.4. The van der Waals surface area contributed by atoms with Gasteiger partial charge >= 0.3 is 5.97 Å². The smallest absolute Gasteiger partial charge is 0.340 e. The molecule has 0 radical (unpaired) electrons. The predicted octanol–water partition coefficient (Wildman–Crippen LogP) is 4.58. The minimum atomic E-state index is -0.581. The number of furan rings is 1. The van der Waals surface area contributed by atoms with E-state index in [0.29, 0.717) is 28.4 Å². The number of carbonyl (C=O) groups excluding carboxylic acids is 2.